The van der Waals surface area contributed by atoms with Crippen LogP contribution in [0.15, 0.2) is 18.2 Å². The number of aldehydes is 1. The monoisotopic (exact) mass is 206 g/mol. The van der Waals surface area contributed by atoms with E-state index >= 15 is 0 Å². The maximum Gasteiger partial charge on any atom is 0.165 e. The topological polar surface area (TPSA) is 26.3 Å². The highest BCUT2D eigenvalue weighted by atomic mass is 19.1. The summed E-state index contributed by atoms with van der Waals surface area (Å²) in [5.74, 6) is 4.97. The summed E-state index contributed by atoms with van der Waals surface area (Å²) in [4.78, 5) is 10.6. The minimum atomic E-state index is -0.524. The van der Waals surface area contributed by atoms with Gasteiger partial charge in [0.2, 0.25) is 0 Å². The third-order valence-corrected chi connectivity index (χ3v) is 1.77. The van der Waals surface area contributed by atoms with Crippen LogP contribution >= 0.6 is 0 Å². The number of rotatable bonds is 4. The molecule has 0 radical (unpaired) electrons. The lowest BCUT2D eigenvalue weighted by molar-refractivity contribution is 0.111. The van der Waals surface area contributed by atoms with Crippen molar-refractivity contribution in [1.82, 2.24) is 0 Å². The van der Waals surface area contributed by atoms with Gasteiger partial charge >= 0.3 is 0 Å². The van der Waals surface area contributed by atoms with Crippen LogP contribution in [0.2, 0.25) is 0 Å². The van der Waals surface area contributed by atoms with Gasteiger partial charge in [-0.3, -0.25) is 4.79 Å². The fraction of sp³-hybridized carbons (Fsp3) is 0.250. The fourth-order valence-electron chi connectivity index (χ4n) is 1.10. The molecule has 1 rings (SSSR count). The van der Waals surface area contributed by atoms with Crippen molar-refractivity contribution in [3.63, 3.8) is 0 Å². The molecular formula is C12H11FO2. The number of carbonyl (C=O) groups excluding carboxylic acids is 1. The Morgan fingerprint density at radius 3 is 3.00 bits per heavy atom. The van der Waals surface area contributed by atoms with Gasteiger partial charge in [-0.25, -0.2) is 4.39 Å². The molecule has 0 heterocycles. The van der Waals surface area contributed by atoms with E-state index in [4.69, 9.17) is 4.74 Å². The average Bonchev–Trinajstić information content (AvgIpc) is 2.26. The third-order valence-electron chi connectivity index (χ3n) is 1.77. The smallest absolute Gasteiger partial charge is 0.165 e. The van der Waals surface area contributed by atoms with E-state index in [-0.39, 0.29) is 17.9 Å². The Bertz CT molecular complexity index is 402. The van der Waals surface area contributed by atoms with Gasteiger partial charge in [-0.05, 0) is 19.1 Å². The summed E-state index contributed by atoms with van der Waals surface area (Å²) in [6, 6.07) is 4.24. The van der Waals surface area contributed by atoms with E-state index in [0.29, 0.717) is 12.7 Å². The van der Waals surface area contributed by atoms with Gasteiger partial charge < -0.3 is 4.74 Å². The summed E-state index contributed by atoms with van der Waals surface area (Å²) in [5.41, 5.74) is 0.222. The Hall–Kier alpha value is -1.82. The molecule has 78 valence electrons. The molecule has 15 heavy (non-hydrogen) atoms. The first-order chi connectivity index (χ1) is 7.29. The van der Waals surface area contributed by atoms with Crippen LogP contribution in [0.3, 0.4) is 0 Å². The molecule has 0 N–H and O–H groups in total. The molecular weight excluding hydrogens is 195 g/mol. The van der Waals surface area contributed by atoms with Gasteiger partial charge in [0.1, 0.15) is 0 Å². The van der Waals surface area contributed by atoms with E-state index in [1.165, 1.54) is 18.2 Å². The number of benzene rings is 1. The van der Waals surface area contributed by atoms with Crippen molar-refractivity contribution >= 4 is 6.29 Å². The van der Waals surface area contributed by atoms with Gasteiger partial charge in [0.25, 0.3) is 0 Å². The van der Waals surface area contributed by atoms with E-state index in [9.17, 15) is 9.18 Å². The molecule has 0 fully saturated rings. The molecule has 3 heteroatoms. The van der Waals surface area contributed by atoms with Crippen molar-refractivity contribution in [2.24, 2.45) is 0 Å². The summed E-state index contributed by atoms with van der Waals surface area (Å²) in [6.45, 7) is 2.00. The Kier molecular flexibility index (Phi) is 4.36. The van der Waals surface area contributed by atoms with Gasteiger partial charge in [-0.1, -0.05) is 6.07 Å². The molecule has 0 aliphatic carbocycles. The summed E-state index contributed by atoms with van der Waals surface area (Å²) in [5, 5.41) is 0. The van der Waals surface area contributed by atoms with Crippen LogP contribution in [0.1, 0.15) is 23.7 Å². The molecule has 0 unspecified atom stereocenters. The van der Waals surface area contributed by atoms with Crippen molar-refractivity contribution in [3.05, 3.63) is 29.6 Å². The average molecular weight is 206 g/mol. The SMILES string of the molecule is CC#CCCOc1c(F)cccc1C=O. The lowest BCUT2D eigenvalue weighted by atomic mass is 10.2. The second-order valence-electron chi connectivity index (χ2n) is 2.80. The van der Waals surface area contributed by atoms with Crippen molar-refractivity contribution < 1.29 is 13.9 Å². The van der Waals surface area contributed by atoms with E-state index in [1.807, 2.05) is 0 Å². The fourth-order valence-corrected chi connectivity index (χ4v) is 1.10. The van der Waals surface area contributed by atoms with E-state index in [2.05, 4.69) is 11.8 Å². The summed E-state index contributed by atoms with van der Waals surface area (Å²) >= 11 is 0. The quantitative estimate of drug-likeness (QED) is 0.429. The number of hydrogen-bond donors (Lipinski definition) is 0. The van der Waals surface area contributed by atoms with Crippen LogP contribution in [0, 0.1) is 17.7 Å². The molecule has 0 spiro atoms. The minimum Gasteiger partial charge on any atom is -0.489 e. The first-order valence-corrected chi connectivity index (χ1v) is 4.55. The largest absolute Gasteiger partial charge is 0.489 e. The zero-order chi connectivity index (χ0) is 11.1. The summed E-state index contributed by atoms with van der Waals surface area (Å²) in [7, 11) is 0. The molecule has 0 saturated carbocycles. The Labute approximate surface area is 88.1 Å². The highest BCUT2D eigenvalue weighted by Gasteiger charge is 2.08. The number of carbonyl (C=O) groups is 1. The molecule has 0 atom stereocenters. The molecule has 0 saturated heterocycles. The van der Waals surface area contributed by atoms with E-state index in [1.54, 1.807) is 6.92 Å². The number of para-hydroxylation sites is 1. The first kappa shape index (κ1) is 11.3. The minimum absolute atomic E-state index is 0.00500. The first-order valence-electron chi connectivity index (χ1n) is 4.55. The number of ether oxygens (including phenoxy) is 1. The Balaban J connectivity index is 2.73. The van der Waals surface area contributed by atoms with Crippen LogP contribution < -0.4 is 4.74 Å². The standard InChI is InChI=1S/C12H11FO2/c1-2-3-4-8-15-12-10(9-14)6-5-7-11(12)13/h5-7,9H,4,8H2,1H3. The van der Waals surface area contributed by atoms with Crippen molar-refractivity contribution in [2.45, 2.75) is 13.3 Å². The molecule has 0 aromatic heterocycles. The van der Waals surface area contributed by atoms with E-state index < -0.39 is 5.82 Å². The molecule has 0 aliphatic rings. The molecule has 1 aromatic rings. The lowest BCUT2D eigenvalue weighted by Crippen LogP contribution is -2.01. The molecule has 2 nitrogen and oxygen atoms in total. The van der Waals surface area contributed by atoms with E-state index in [0.717, 1.165) is 0 Å². The van der Waals surface area contributed by atoms with Crippen LogP contribution in [0.5, 0.6) is 5.75 Å². The molecule has 0 amide bonds. The summed E-state index contributed by atoms with van der Waals surface area (Å²) < 4.78 is 18.4. The van der Waals surface area contributed by atoms with Crippen molar-refractivity contribution in [2.75, 3.05) is 6.61 Å². The predicted octanol–water partition coefficient (Wildman–Crippen LogP) is 2.43. The van der Waals surface area contributed by atoms with Gasteiger partial charge in [0.15, 0.2) is 17.9 Å². The molecule has 1 aromatic carbocycles. The normalized spacial score (nSPS) is 8.93. The zero-order valence-electron chi connectivity index (χ0n) is 8.42. The lowest BCUT2D eigenvalue weighted by Gasteiger charge is -2.07. The Morgan fingerprint density at radius 2 is 2.33 bits per heavy atom. The summed E-state index contributed by atoms with van der Waals surface area (Å²) in [6.07, 6.45) is 1.09. The van der Waals surface area contributed by atoms with Gasteiger partial charge in [-0.2, -0.15) is 0 Å². The highest BCUT2D eigenvalue weighted by molar-refractivity contribution is 5.79. The maximum atomic E-state index is 13.2. The van der Waals surface area contributed by atoms with Crippen molar-refractivity contribution in [1.29, 1.82) is 0 Å². The maximum absolute atomic E-state index is 13.2. The van der Waals surface area contributed by atoms with Crippen LogP contribution in [-0.2, 0) is 0 Å². The van der Waals surface area contributed by atoms with Crippen LogP contribution in [0.25, 0.3) is 0 Å². The number of halogens is 1. The van der Waals surface area contributed by atoms with Gasteiger partial charge in [-0.15, -0.1) is 11.8 Å². The molecule has 0 aliphatic heterocycles. The van der Waals surface area contributed by atoms with Gasteiger partial charge in [0.05, 0.1) is 12.2 Å². The predicted molar refractivity (Wildman–Crippen MR) is 55.3 cm³/mol. The van der Waals surface area contributed by atoms with Crippen molar-refractivity contribution in [3.8, 4) is 17.6 Å². The molecule has 0 bridgehead atoms. The zero-order valence-corrected chi connectivity index (χ0v) is 8.42. The number of hydrogen-bond acceptors (Lipinski definition) is 2. The van der Waals surface area contributed by atoms with Crippen LogP contribution in [0.4, 0.5) is 4.39 Å². The second-order valence-corrected chi connectivity index (χ2v) is 2.80. The van der Waals surface area contributed by atoms with Gasteiger partial charge in [0, 0.05) is 6.42 Å². The highest BCUT2D eigenvalue weighted by Crippen LogP contribution is 2.20. The third kappa shape index (κ3) is 3.10. The Morgan fingerprint density at radius 1 is 1.53 bits per heavy atom. The second kappa shape index (κ2) is 5.82. The van der Waals surface area contributed by atoms with Crippen LogP contribution in [-0.4, -0.2) is 12.9 Å².